The van der Waals surface area contributed by atoms with Gasteiger partial charge in [-0.3, -0.25) is 4.79 Å². The van der Waals surface area contributed by atoms with Crippen LogP contribution in [0.25, 0.3) is 0 Å². The monoisotopic (exact) mass is 744 g/mol. The van der Waals surface area contributed by atoms with Crippen molar-refractivity contribution in [2.24, 2.45) is 5.92 Å². The van der Waals surface area contributed by atoms with Gasteiger partial charge in [-0.1, -0.05) is 18.5 Å². The first kappa shape index (κ1) is 38.2. The maximum absolute atomic E-state index is 14.4. The van der Waals surface area contributed by atoms with Gasteiger partial charge in [0.05, 0.1) is 35.3 Å². The number of aliphatic hydroxyl groups excluding tert-OH is 1. The van der Waals surface area contributed by atoms with Crippen LogP contribution < -0.4 is 24.8 Å². The average molecular weight is 745 g/mol. The molecule has 0 bridgehead atoms. The Labute approximate surface area is 303 Å². The maximum atomic E-state index is 14.4. The van der Waals surface area contributed by atoms with Crippen molar-refractivity contribution < 1.29 is 42.1 Å². The second-order valence-electron chi connectivity index (χ2n) is 12.9. The third-order valence-corrected chi connectivity index (χ3v) is 11.0. The molecule has 3 aromatic rings. The van der Waals surface area contributed by atoms with E-state index < -0.39 is 34.1 Å². The number of halogens is 1. The molecule has 2 aliphatic heterocycles. The van der Waals surface area contributed by atoms with Gasteiger partial charge in [-0.15, -0.1) is 0 Å². The molecular formula is C36H45ClN4O9S. The lowest BCUT2D eigenvalue weighted by molar-refractivity contribution is -0.00833. The number of amides is 3. The molecule has 5 rings (SSSR count). The lowest BCUT2D eigenvalue weighted by Gasteiger charge is -2.35. The molecule has 0 aromatic heterocycles. The van der Waals surface area contributed by atoms with Crippen molar-refractivity contribution in [2.75, 3.05) is 50.8 Å². The van der Waals surface area contributed by atoms with Gasteiger partial charge in [0.1, 0.15) is 5.75 Å². The van der Waals surface area contributed by atoms with Crippen LogP contribution in [0.3, 0.4) is 0 Å². The summed E-state index contributed by atoms with van der Waals surface area (Å²) < 4.78 is 51.5. The second kappa shape index (κ2) is 17.0. The van der Waals surface area contributed by atoms with E-state index in [4.69, 9.17) is 30.5 Å². The van der Waals surface area contributed by atoms with Crippen LogP contribution in [0.15, 0.2) is 65.6 Å². The second-order valence-corrected chi connectivity index (χ2v) is 15.4. The number of aliphatic hydroxyl groups is 1. The largest absolute Gasteiger partial charge is 0.490 e. The molecular weight excluding hydrogens is 700 g/mol. The molecule has 0 unspecified atom stereocenters. The SMILES string of the molecule is C[C@H]1CCCCO[C@H](CN(C)S(=O)(=O)c2ccc(Cl)cc2)[C@@H](C)CN([C@@H](C)CO)C(=O)c2cc(NC(=O)Nc3ccc4c(c3)OCO4)ccc2O1. The molecule has 15 heteroatoms. The molecule has 13 nitrogen and oxygen atoms in total. The van der Waals surface area contributed by atoms with Crippen LogP contribution in [0.4, 0.5) is 16.2 Å². The molecule has 0 fully saturated rings. The highest BCUT2D eigenvalue weighted by Gasteiger charge is 2.32. The number of sulfonamides is 1. The van der Waals surface area contributed by atoms with Crippen molar-refractivity contribution in [2.45, 2.75) is 63.2 Å². The predicted octanol–water partition coefficient (Wildman–Crippen LogP) is 5.83. The van der Waals surface area contributed by atoms with E-state index in [2.05, 4.69) is 10.6 Å². The molecule has 3 amide bonds. The molecule has 3 aromatic carbocycles. The van der Waals surface area contributed by atoms with E-state index in [1.165, 1.54) is 40.5 Å². The molecule has 0 spiro atoms. The van der Waals surface area contributed by atoms with Gasteiger partial charge in [-0.25, -0.2) is 13.2 Å². The summed E-state index contributed by atoms with van der Waals surface area (Å²) in [6.07, 6.45) is 1.34. The van der Waals surface area contributed by atoms with Crippen molar-refractivity contribution >= 4 is 44.9 Å². The van der Waals surface area contributed by atoms with E-state index in [-0.39, 0.29) is 49.0 Å². The number of urea groups is 1. The van der Waals surface area contributed by atoms with Crippen molar-refractivity contribution in [3.05, 3.63) is 71.2 Å². The molecule has 0 aliphatic carbocycles. The van der Waals surface area contributed by atoms with Crippen LogP contribution in [-0.2, 0) is 14.8 Å². The van der Waals surface area contributed by atoms with Crippen LogP contribution in [0.5, 0.6) is 17.2 Å². The smallest absolute Gasteiger partial charge is 0.323 e. The number of likely N-dealkylation sites (N-methyl/N-ethyl adjacent to an activating group) is 1. The Hall–Kier alpha value is -4.08. The minimum atomic E-state index is -3.86. The van der Waals surface area contributed by atoms with Crippen LogP contribution in [0.1, 0.15) is 50.4 Å². The van der Waals surface area contributed by atoms with Gasteiger partial charge in [0, 0.05) is 55.1 Å². The molecule has 0 radical (unpaired) electrons. The first-order chi connectivity index (χ1) is 24.3. The zero-order valence-corrected chi connectivity index (χ0v) is 30.7. The molecule has 4 atom stereocenters. The molecule has 0 saturated heterocycles. The highest BCUT2D eigenvalue weighted by molar-refractivity contribution is 7.89. The van der Waals surface area contributed by atoms with Crippen LogP contribution >= 0.6 is 11.6 Å². The number of hydrogen-bond donors (Lipinski definition) is 3. The van der Waals surface area contributed by atoms with Crippen LogP contribution in [0.2, 0.25) is 5.02 Å². The number of hydrogen-bond acceptors (Lipinski definition) is 9. The maximum Gasteiger partial charge on any atom is 0.323 e. The van der Waals surface area contributed by atoms with Gasteiger partial charge in [0.25, 0.3) is 5.91 Å². The van der Waals surface area contributed by atoms with Crippen molar-refractivity contribution in [3.63, 3.8) is 0 Å². The van der Waals surface area contributed by atoms with Gasteiger partial charge in [-0.05, 0) is 87.7 Å². The Morgan fingerprint density at radius 3 is 2.37 bits per heavy atom. The van der Waals surface area contributed by atoms with Crippen molar-refractivity contribution in [3.8, 4) is 17.2 Å². The average Bonchev–Trinajstić information content (AvgIpc) is 3.57. The first-order valence-electron chi connectivity index (χ1n) is 16.9. The topological polar surface area (TPSA) is 156 Å². The third kappa shape index (κ3) is 9.63. The number of benzene rings is 3. The van der Waals surface area contributed by atoms with E-state index in [1.807, 2.05) is 13.8 Å². The van der Waals surface area contributed by atoms with Crippen LogP contribution in [-0.4, -0.2) is 93.1 Å². The molecule has 2 heterocycles. The molecule has 276 valence electrons. The number of rotatable bonds is 8. The summed E-state index contributed by atoms with van der Waals surface area (Å²) in [6, 6.07) is 14.7. The van der Waals surface area contributed by atoms with E-state index >= 15 is 0 Å². The molecule has 2 aliphatic rings. The zero-order valence-electron chi connectivity index (χ0n) is 29.1. The Kier molecular flexibility index (Phi) is 12.7. The lowest BCUT2D eigenvalue weighted by Crippen LogP contribution is -2.48. The Balaban J connectivity index is 1.39. The van der Waals surface area contributed by atoms with Crippen molar-refractivity contribution in [1.82, 2.24) is 9.21 Å². The summed E-state index contributed by atoms with van der Waals surface area (Å²) in [5, 5.41) is 16.2. The normalized spacial score (nSPS) is 20.6. The highest BCUT2D eigenvalue weighted by Crippen LogP contribution is 2.34. The van der Waals surface area contributed by atoms with Gasteiger partial charge >= 0.3 is 6.03 Å². The van der Waals surface area contributed by atoms with Crippen LogP contribution in [0, 0.1) is 5.92 Å². The lowest BCUT2D eigenvalue weighted by atomic mass is 10.0. The van der Waals surface area contributed by atoms with E-state index in [0.29, 0.717) is 53.1 Å². The van der Waals surface area contributed by atoms with E-state index in [9.17, 15) is 23.1 Å². The molecule has 0 saturated carbocycles. The summed E-state index contributed by atoms with van der Waals surface area (Å²) in [5.41, 5.74) is 1.04. The van der Waals surface area contributed by atoms with E-state index in [0.717, 1.165) is 6.42 Å². The number of ether oxygens (including phenoxy) is 4. The number of carbonyl (C=O) groups excluding carboxylic acids is 2. The summed E-state index contributed by atoms with van der Waals surface area (Å²) >= 11 is 5.99. The number of nitrogens with zero attached hydrogens (tertiary/aromatic N) is 2. The zero-order chi connectivity index (χ0) is 36.7. The minimum Gasteiger partial charge on any atom is -0.490 e. The number of nitrogens with one attached hydrogen (secondary N) is 2. The van der Waals surface area contributed by atoms with Gasteiger partial charge in [0.15, 0.2) is 11.5 Å². The number of anilines is 2. The fourth-order valence-electron chi connectivity index (χ4n) is 5.87. The summed E-state index contributed by atoms with van der Waals surface area (Å²) in [7, 11) is -2.37. The third-order valence-electron chi connectivity index (χ3n) is 8.90. The van der Waals surface area contributed by atoms with Gasteiger partial charge < -0.3 is 39.6 Å². The fraction of sp³-hybridized carbons (Fsp3) is 0.444. The van der Waals surface area contributed by atoms with E-state index in [1.54, 1.807) is 43.3 Å². The number of carbonyl (C=O) groups is 2. The molecule has 51 heavy (non-hydrogen) atoms. The van der Waals surface area contributed by atoms with Gasteiger partial charge in [0.2, 0.25) is 16.8 Å². The highest BCUT2D eigenvalue weighted by atomic mass is 35.5. The molecule has 3 N–H and O–H groups in total. The predicted molar refractivity (Wildman–Crippen MR) is 193 cm³/mol. The first-order valence-corrected chi connectivity index (χ1v) is 18.7. The fourth-order valence-corrected chi connectivity index (χ4v) is 7.18. The Morgan fingerprint density at radius 2 is 1.67 bits per heavy atom. The van der Waals surface area contributed by atoms with Gasteiger partial charge in [-0.2, -0.15) is 4.31 Å². The summed E-state index contributed by atoms with van der Waals surface area (Å²) in [5.74, 6) is 0.666. The number of fused-ring (bicyclic) bond motifs is 2. The quantitative estimate of drug-likeness (QED) is 0.258. The summed E-state index contributed by atoms with van der Waals surface area (Å²) in [6.45, 7) is 5.88. The van der Waals surface area contributed by atoms with Crippen molar-refractivity contribution in [1.29, 1.82) is 0 Å². The standard InChI is InChI=1S/C36H45ClN4O9S/c1-23-19-41(24(2)21-42)35(43)30-17-27(38-36(44)39-28-11-15-32-33(18-28)49-22-48-32)10-14-31(30)50-25(3)7-5-6-16-47-34(23)20-40(4)51(45,46)29-12-8-26(37)9-13-29/h8-15,17-18,23-25,34,42H,5-7,16,19-22H2,1-4H3,(H2,38,39,44)/t23-,24-,25-,34+/m0/s1. The summed E-state index contributed by atoms with van der Waals surface area (Å²) in [4.78, 5) is 29.1. The Bertz CT molecular complexity index is 1790. The minimum absolute atomic E-state index is 0.0321. The Morgan fingerprint density at radius 1 is 1.00 bits per heavy atom.